The summed E-state index contributed by atoms with van der Waals surface area (Å²) in [5.74, 6) is 0.00233. The van der Waals surface area contributed by atoms with Gasteiger partial charge in [-0.1, -0.05) is 18.2 Å². The smallest absolute Gasteiger partial charge is 0.421 e. The Kier molecular flexibility index (Phi) is 5.22. The van der Waals surface area contributed by atoms with Gasteiger partial charge in [-0.05, 0) is 24.3 Å². The van der Waals surface area contributed by atoms with E-state index in [1.165, 1.54) is 12.3 Å². The molecule has 2 heterocycles. The molecule has 2 aromatic heterocycles. The fourth-order valence-corrected chi connectivity index (χ4v) is 2.47. The number of nitrogens with zero attached hydrogens (tertiary/aromatic N) is 2. The van der Waals surface area contributed by atoms with Gasteiger partial charge in [0.2, 0.25) is 5.88 Å². The van der Waals surface area contributed by atoms with Gasteiger partial charge < -0.3 is 15.2 Å². The molecule has 0 radical (unpaired) electrons. The molecule has 2 N–H and O–H groups in total. The van der Waals surface area contributed by atoms with E-state index in [1.807, 2.05) is 30.3 Å². The van der Waals surface area contributed by atoms with Gasteiger partial charge in [-0.25, -0.2) is 9.97 Å². The zero-order valence-corrected chi connectivity index (χ0v) is 13.6. The van der Waals surface area contributed by atoms with E-state index in [0.717, 1.165) is 17.0 Å². The summed E-state index contributed by atoms with van der Waals surface area (Å²) in [7, 11) is 0. The van der Waals surface area contributed by atoms with Crippen LogP contribution in [0.4, 0.5) is 19.0 Å². The maximum atomic E-state index is 12.9. The molecule has 0 saturated carbocycles. The number of ether oxygens (including phenoxy) is 1. The molecular formula is C18H16F3N3O2. The van der Waals surface area contributed by atoms with Crippen molar-refractivity contribution in [3.05, 3.63) is 59.8 Å². The molecule has 3 rings (SSSR count). The topological polar surface area (TPSA) is 67.3 Å². The van der Waals surface area contributed by atoms with Crippen LogP contribution >= 0.6 is 0 Å². The Hall–Kier alpha value is -2.87. The largest absolute Gasteiger partial charge is 0.475 e. The highest BCUT2D eigenvalue weighted by molar-refractivity contribution is 5.81. The number of benzene rings is 1. The van der Waals surface area contributed by atoms with Crippen LogP contribution in [0.3, 0.4) is 0 Å². The monoisotopic (exact) mass is 363 g/mol. The Morgan fingerprint density at radius 1 is 1.12 bits per heavy atom. The maximum absolute atomic E-state index is 12.9. The van der Waals surface area contributed by atoms with E-state index in [1.54, 1.807) is 0 Å². The zero-order chi connectivity index (χ0) is 18.6. The molecule has 26 heavy (non-hydrogen) atoms. The van der Waals surface area contributed by atoms with Gasteiger partial charge in [-0.2, -0.15) is 13.2 Å². The molecule has 0 atom stereocenters. The number of para-hydroxylation sites is 1. The lowest BCUT2D eigenvalue weighted by Gasteiger charge is -2.14. The van der Waals surface area contributed by atoms with Crippen molar-refractivity contribution < 1.29 is 23.0 Å². The third-order valence-corrected chi connectivity index (χ3v) is 3.68. The van der Waals surface area contributed by atoms with Crippen LogP contribution in [0.15, 0.2) is 48.7 Å². The average molecular weight is 363 g/mol. The molecule has 0 aliphatic heterocycles. The number of pyridine rings is 2. The van der Waals surface area contributed by atoms with Gasteiger partial charge in [-0.3, -0.25) is 0 Å². The number of aromatic nitrogens is 2. The summed E-state index contributed by atoms with van der Waals surface area (Å²) in [6.07, 6.45) is -3.28. The second kappa shape index (κ2) is 7.57. The number of alkyl halides is 3. The molecule has 0 aliphatic rings. The van der Waals surface area contributed by atoms with Crippen LogP contribution in [0.25, 0.3) is 10.9 Å². The van der Waals surface area contributed by atoms with E-state index in [-0.39, 0.29) is 19.8 Å². The van der Waals surface area contributed by atoms with E-state index in [9.17, 15) is 18.3 Å². The van der Waals surface area contributed by atoms with Crippen molar-refractivity contribution in [3.63, 3.8) is 0 Å². The van der Waals surface area contributed by atoms with E-state index in [4.69, 9.17) is 4.74 Å². The summed E-state index contributed by atoms with van der Waals surface area (Å²) in [6.45, 7) is -0.0504. The van der Waals surface area contributed by atoms with Crippen LogP contribution in [0.1, 0.15) is 11.1 Å². The number of rotatable bonds is 6. The van der Waals surface area contributed by atoms with Crippen LogP contribution in [-0.2, 0) is 12.8 Å². The van der Waals surface area contributed by atoms with Crippen LogP contribution in [0, 0.1) is 0 Å². The first kappa shape index (κ1) is 17.9. The molecular weight excluding hydrogens is 347 g/mol. The zero-order valence-electron chi connectivity index (χ0n) is 13.6. The Bertz CT molecular complexity index is 900. The fourth-order valence-electron chi connectivity index (χ4n) is 2.47. The van der Waals surface area contributed by atoms with Crippen LogP contribution in [0.2, 0.25) is 0 Å². The summed E-state index contributed by atoms with van der Waals surface area (Å²) < 4.78 is 43.9. The van der Waals surface area contributed by atoms with E-state index < -0.39 is 17.6 Å². The van der Waals surface area contributed by atoms with Crippen LogP contribution < -0.4 is 10.1 Å². The van der Waals surface area contributed by atoms with E-state index in [0.29, 0.717) is 11.4 Å². The predicted molar refractivity (Wildman–Crippen MR) is 90.9 cm³/mol. The van der Waals surface area contributed by atoms with Crippen LogP contribution in [-0.4, -0.2) is 28.2 Å². The Morgan fingerprint density at radius 3 is 2.69 bits per heavy atom. The van der Waals surface area contributed by atoms with E-state index >= 15 is 0 Å². The predicted octanol–water partition coefficient (Wildman–Crippen LogP) is 3.63. The number of halogens is 3. The summed E-state index contributed by atoms with van der Waals surface area (Å²) in [6, 6.07) is 11.4. The second-order valence-corrected chi connectivity index (χ2v) is 5.48. The van der Waals surface area contributed by atoms with Crippen molar-refractivity contribution in [2.45, 2.75) is 12.8 Å². The molecule has 3 aromatic rings. The molecule has 0 aliphatic carbocycles. The van der Waals surface area contributed by atoms with Gasteiger partial charge in [-0.15, -0.1) is 0 Å². The maximum Gasteiger partial charge on any atom is 0.421 e. The molecule has 0 fully saturated rings. The highest BCUT2D eigenvalue weighted by Crippen LogP contribution is 2.34. The molecule has 0 spiro atoms. The molecule has 5 nitrogen and oxygen atoms in total. The van der Waals surface area contributed by atoms with Gasteiger partial charge >= 0.3 is 6.18 Å². The SMILES string of the molecule is OCc1cc2ccccc2nc1NCCOc1ncccc1C(F)(F)F. The first-order chi connectivity index (χ1) is 12.5. The Labute approximate surface area is 147 Å². The summed E-state index contributed by atoms with van der Waals surface area (Å²) in [5.41, 5.74) is 0.426. The second-order valence-electron chi connectivity index (χ2n) is 5.48. The lowest BCUT2D eigenvalue weighted by atomic mass is 10.1. The van der Waals surface area contributed by atoms with Crippen molar-refractivity contribution in [3.8, 4) is 5.88 Å². The Balaban J connectivity index is 1.67. The molecule has 0 unspecified atom stereocenters. The normalized spacial score (nSPS) is 11.5. The van der Waals surface area contributed by atoms with Crippen molar-refractivity contribution in [2.75, 3.05) is 18.5 Å². The number of fused-ring (bicyclic) bond motifs is 1. The summed E-state index contributed by atoms with van der Waals surface area (Å²) in [5, 5.41) is 13.4. The first-order valence-electron chi connectivity index (χ1n) is 7.87. The number of anilines is 1. The average Bonchev–Trinajstić information content (AvgIpc) is 2.64. The van der Waals surface area contributed by atoms with Gasteiger partial charge in [0.1, 0.15) is 18.0 Å². The minimum absolute atomic E-state index is 0.0422. The van der Waals surface area contributed by atoms with Crippen molar-refractivity contribution in [1.29, 1.82) is 0 Å². The van der Waals surface area contributed by atoms with Gasteiger partial charge in [0, 0.05) is 17.1 Å². The molecule has 136 valence electrons. The number of aliphatic hydroxyl groups is 1. The summed E-state index contributed by atoms with van der Waals surface area (Å²) in [4.78, 5) is 8.06. The Morgan fingerprint density at radius 2 is 1.92 bits per heavy atom. The van der Waals surface area contributed by atoms with Crippen molar-refractivity contribution >= 4 is 16.7 Å². The van der Waals surface area contributed by atoms with Crippen molar-refractivity contribution in [2.24, 2.45) is 0 Å². The quantitative estimate of drug-likeness (QED) is 0.655. The van der Waals surface area contributed by atoms with Gasteiger partial charge in [0.05, 0.1) is 18.7 Å². The minimum atomic E-state index is -4.53. The number of aliphatic hydroxyl groups excluding tert-OH is 1. The van der Waals surface area contributed by atoms with Gasteiger partial charge in [0.25, 0.3) is 0 Å². The highest BCUT2D eigenvalue weighted by Gasteiger charge is 2.34. The molecule has 0 bridgehead atoms. The third-order valence-electron chi connectivity index (χ3n) is 3.68. The van der Waals surface area contributed by atoms with E-state index in [2.05, 4.69) is 15.3 Å². The first-order valence-corrected chi connectivity index (χ1v) is 7.87. The lowest BCUT2D eigenvalue weighted by Crippen LogP contribution is -2.16. The highest BCUT2D eigenvalue weighted by atomic mass is 19.4. The minimum Gasteiger partial charge on any atom is -0.475 e. The number of hydrogen-bond donors (Lipinski definition) is 2. The van der Waals surface area contributed by atoms with Gasteiger partial charge in [0.15, 0.2) is 0 Å². The lowest BCUT2D eigenvalue weighted by molar-refractivity contribution is -0.139. The van der Waals surface area contributed by atoms with Crippen LogP contribution in [0.5, 0.6) is 5.88 Å². The number of nitrogens with one attached hydrogen (secondary N) is 1. The molecule has 0 amide bonds. The van der Waals surface area contributed by atoms with Crippen molar-refractivity contribution in [1.82, 2.24) is 9.97 Å². The molecule has 1 aromatic carbocycles. The summed E-state index contributed by atoms with van der Waals surface area (Å²) >= 11 is 0. The third kappa shape index (κ3) is 4.02. The fraction of sp³-hybridized carbons (Fsp3) is 0.222. The number of hydrogen-bond acceptors (Lipinski definition) is 5. The standard InChI is InChI=1S/C18H16F3N3O2/c19-18(20,21)14-5-3-7-23-17(14)26-9-8-22-16-13(11-25)10-12-4-1-2-6-15(12)24-16/h1-7,10,25H,8-9,11H2,(H,22,24). The molecule has 0 saturated heterocycles. The molecule has 8 heteroatoms.